The molecule has 3 heteroatoms. The van der Waals surface area contributed by atoms with E-state index in [1.165, 1.54) is 104 Å². The molecule has 13 aromatic rings. The van der Waals surface area contributed by atoms with E-state index in [4.69, 9.17) is 0 Å². The van der Waals surface area contributed by atoms with Crippen molar-refractivity contribution < 1.29 is 0 Å². The number of hydrogen-bond acceptors (Lipinski definition) is 1. The highest BCUT2D eigenvalue weighted by molar-refractivity contribution is 6.27. The van der Waals surface area contributed by atoms with Crippen LogP contribution < -0.4 is 4.90 Å². The van der Waals surface area contributed by atoms with Gasteiger partial charge in [0, 0.05) is 54.8 Å². The van der Waals surface area contributed by atoms with Crippen molar-refractivity contribution in [2.75, 3.05) is 4.90 Å². The summed E-state index contributed by atoms with van der Waals surface area (Å²) in [5.41, 5.74) is 20.9. The second kappa shape index (κ2) is 13.8. The molecule has 1 aliphatic carbocycles. The van der Waals surface area contributed by atoms with Crippen LogP contribution in [0.2, 0.25) is 0 Å². The van der Waals surface area contributed by atoms with Crippen molar-refractivity contribution in [2.24, 2.45) is 0 Å². The number of hydrogen-bond donors (Lipinski definition) is 0. The molecule has 0 saturated heterocycles. The summed E-state index contributed by atoms with van der Waals surface area (Å²) in [5, 5.41) is 7.57. The van der Waals surface area contributed by atoms with E-state index in [2.05, 4.69) is 252 Å². The molecule has 0 unspecified atom stereocenters. The maximum Gasteiger partial charge on any atom is 0.0641 e. The number of anilines is 3. The van der Waals surface area contributed by atoms with Gasteiger partial charge in [-0.3, -0.25) is 0 Å². The summed E-state index contributed by atoms with van der Waals surface area (Å²) in [7, 11) is 0. The standard InChI is InChI=1S/C63H43N3/c1-63(2)53-22-10-6-17-47(53)52-39-42(31-37-54(52)63)40-27-32-44(33-28-40)64(59-38-36-49-48-18-7-11-23-55(48)66-57-25-13-9-20-51(57)61(59)62(49)66)45-34-29-41(30-35-45)46-21-14-26-58-60(46)50-19-8-12-24-56(50)65(58)43-15-4-3-5-16-43/h3-39H,1-2H3. The number of para-hydroxylation sites is 4. The first kappa shape index (κ1) is 37.0. The molecule has 0 atom stereocenters. The van der Waals surface area contributed by atoms with Crippen molar-refractivity contribution in [3.05, 3.63) is 236 Å². The average Bonchev–Trinajstić information content (AvgIpc) is 4.08. The Morgan fingerprint density at radius 3 is 1.68 bits per heavy atom. The van der Waals surface area contributed by atoms with Crippen LogP contribution in [0.4, 0.5) is 17.1 Å². The van der Waals surface area contributed by atoms with Gasteiger partial charge in [0.25, 0.3) is 0 Å². The normalized spacial score (nSPS) is 13.1. The molecule has 0 amide bonds. The van der Waals surface area contributed by atoms with Crippen LogP contribution in [0.25, 0.3) is 99.0 Å². The Morgan fingerprint density at radius 2 is 0.924 bits per heavy atom. The van der Waals surface area contributed by atoms with Crippen LogP contribution in [0.1, 0.15) is 25.0 Å². The average molecular weight is 842 g/mol. The number of rotatable bonds is 6. The first-order chi connectivity index (χ1) is 32.5. The van der Waals surface area contributed by atoms with Crippen LogP contribution in [0.3, 0.4) is 0 Å². The Balaban J connectivity index is 0.948. The minimum absolute atomic E-state index is 0.0231. The summed E-state index contributed by atoms with van der Waals surface area (Å²) >= 11 is 0. The van der Waals surface area contributed by atoms with Crippen LogP contribution in [0.5, 0.6) is 0 Å². The van der Waals surface area contributed by atoms with Crippen LogP contribution in [-0.4, -0.2) is 8.97 Å². The third kappa shape index (κ3) is 5.14. The lowest BCUT2D eigenvalue weighted by molar-refractivity contribution is 0.660. The van der Waals surface area contributed by atoms with E-state index in [1.807, 2.05) is 0 Å². The maximum absolute atomic E-state index is 2.48. The van der Waals surface area contributed by atoms with E-state index in [1.54, 1.807) is 0 Å². The molecule has 0 aliphatic heterocycles. The van der Waals surface area contributed by atoms with Gasteiger partial charge in [-0.05, 0) is 117 Å². The molecule has 66 heavy (non-hydrogen) atoms. The second-order valence-electron chi connectivity index (χ2n) is 18.5. The van der Waals surface area contributed by atoms with Crippen LogP contribution in [0.15, 0.2) is 224 Å². The van der Waals surface area contributed by atoms with Gasteiger partial charge in [0.05, 0.1) is 33.3 Å². The Kier molecular flexibility index (Phi) is 7.74. The fourth-order valence-electron chi connectivity index (χ4n) is 11.7. The zero-order valence-electron chi connectivity index (χ0n) is 36.7. The lowest BCUT2D eigenvalue weighted by Gasteiger charge is -2.27. The summed E-state index contributed by atoms with van der Waals surface area (Å²) in [5.74, 6) is 0. The minimum Gasteiger partial charge on any atom is -0.310 e. The SMILES string of the molecule is CC1(C)c2ccccc2-c2cc(-c3ccc(N(c4ccc(-c5cccc6c5c5ccccc5n6-c5ccccc5)cc4)c4ccc5c6ccccc6n6c7ccccc7c4c56)cc3)ccc21. The van der Waals surface area contributed by atoms with Gasteiger partial charge in [0.2, 0.25) is 0 Å². The Bertz CT molecular complexity index is 4060. The maximum atomic E-state index is 2.48. The van der Waals surface area contributed by atoms with E-state index in [0.717, 1.165) is 22.7 Å². The van der Waals surface area contributed by atoms with E-state index in [-0.39, 0.29) is 5.41 Å². The van der Waals surface area contributed by atoms with E-state index < -0.39 is 0 Å². The van der Waals surface area contributed by atoms with Crippen LogP contribution in [0, 0.1) is 0 Å². The summed E-state index contributed by atoms with van der Waals surface area (Å²) in [6.45, 7) is 4.69. The van der Waals surface area contributed by atoms with Gasteiger partial charge >= 0.3 is 0 Å². The van der Waals surface area contributed by atoms with Gasteiger partial charge in [-0.25, -0.2) is 0 Å². The fourth-order valence-corrected chi connectivity index (χ4v) is 11.7. The topological polar surface area (TPSA) is 12.6 Å². The van der Waals surface area contributed by atoms with Crippen molar-refractivity contribution in [1.82, 2.24) is 8.97 Å². The Morgan fingerprint density at radius 1 is 0.364 bits per heavy atom. The fraction of sp³-hybridized carbons (Fsp3) is 0.0476. The Labute approximate surface area is 383 Å². The van der Waals surface area contributed by atoms with Crippen LogP contribution >= 0.6 is 0 Å². The van der Waals surface area contributed by atoms with Gasteiger partial charge in [0.15, 0.2) is 0 Å². The highest BCUT2D eigenvalue weighted by Crippen LogP contribution is 2.51. The predicted octanol–water partition coefficient (Wildman–Crippen LogP) is 17.0. The van der Waals surface area contributed by atoms with E-state index >= 15 is 0 Å². The highest BCUT2D eigenvalue weighted by Gasteiger charge is 2.35. The third-order valence-electron chi connectivity index (χ3n) is 14.7. The second-order valence-corrected chi connectivity index (χ2v) is 18.5. The third-order valence-corrected chi connectivity index (χ3v) is 14.7. The molecule has 3 nitrogen and oxygen atoms in total. The smallest absolute Gasteiger partial charge is 0.0641 e. The molecule has 0 bridgehead atoms. The molecule has 0 N–H and O–H groups in total. The number of nitrogens with zero attached hydrogens (tertiary/aromatic N) is 3. The van der Waals surface area contributed by atoms with Gasteiger partial charge in [0.1, 0.15) is 0 Å². The molecule has 0 fully saturated rings. The summed E-state index contributed by atoms with van der Waals surface area (Å²) in [4.78, 5) is 2.47. The molecule has 14 rings (SSSR count). The van der Waals surface area contributed by atoms with Gasteiger partial charge in [-0.1, -0.05) is 166 Å². The van der Waals surface area contributed by atoms with Crippen molar-refractivity contribution in [1.29, 1.82) is 0 Å². The molecule has 0 spiro atoms. The molecule has 0 saturated carbocycles. The molecule has 3 aromatic heterocycles. The number of fused-ring (bicyclic) bond motifs is 12. The van der Waals surface area contributed by atoms with E-state index in [9.17, 15) is 0 Å². The quantitative estimate of drug-likeness (QED) is 0.162. The summed E-state index contributed by atoms with van der Waals surface area (Å²) in [6.07, 6.45) is 0. The lowest BCUT2D eigenvalue weighted by atomic mass is 9.82. The number of benzene rings is 10. The Hall–Kier alpha value is -8.40. The number of aromatic nitrogens is 2. The largest absolute Gasteiger partial charge is 0.310 e. The van der Waals surface area contributed by atoms with Gasteiger partial charge in [-0.2, -0.15) is 0 Å². The van der Waals surface area contributed by atoms with Gasteiger partial charge < -0.3 is 13.9 Å². The van der Waals surface area contributed by atoms with Gasteiger partial charge in [-0.15, -0.1) is 0 Å². The van der Waals surface area contributed by atoms with Crippen LogP contribution in [-0.2, 0) is 5.41 Å². The summed E-state index contributed by atoms with van der Waals surface area (Å²) < 4.78 is 4.87. The molecular weight excluding hydrogens is 799 g/mol. The molecule has 310 valence electrons. The zero-order valence-corrected chi connectivity index (χ0v) is 36.7. The monoisotopic (exact) mass is 841 g/mol. The van der Waals surface area contributed by atoms with Crippen molar-refractivity contribution in [3.63, 3.8) is 0 Å². The highest BCUT2D eigenvalue weighted by atomic mass is 15.1. The zero-order chi connectivity index (χ0) is 43.7. The van der Waals surface area contributed by atoms with Crippen molar-refractivity contribution in [2.45, 2.75) is 19.3 Å². The predicted molar refractivity (Wildman–Crippen MR) is 279 cm³/mol. The molecule has 10 aromatic carbocycles. The molecule has 0 radical (unpaired) electrons. The molecular formula is C63H43N3. The lowest BCUT2D eigenvalue weighted by Crippen LogP contribution is -2.14. The first-order valence-corrected chi connectivity index (χ1v) is 23.0. The van der Waals surface area contributed by atoms with E-state index in [0.29, 0.717) is 0 Å². The molecule has 1 aliphatic rings. The van der Waals surface area contributed by atoms with Crippen molar-refractivity contribution >= 4 is 77.0 Å². The molecule has 3 heterocycles. The summed E-state index contributed by atoms with van der Waals surface area (Å²) in [6, 6.07) is 83.1. The minimum atomic E-state index is -0.0231. The first-order valence-electron chi connectivity index (χ1n) is 23.0. The van der Waals surface area contributed by atoms with Crippen molar-refractivity contribution in [3.8, 4) is 39.1 Å².